The van der Waals surface area contributed by atoms with Crippen molar-refractivity contribution in [2.24, 2.45) is 0 Å². The van der Waals surface area contributed by atoms with Crippen LogP contribution in [0.1, 0.15) is 36.7 Å². The molecule has 10 heteroatoms. The summed E-state index contributed by atoms with van der Waals surface area (Å²) in [6.07, 6.45) is 6.28. The van der Waals surface area contributed by atoms with Crippen molar-refractivity contribution in [1.82, 2.24) is 34.4 Å². The van der Waals surface area contributed by atoms with Crippen molar-refractivity contribution < 1.29 is 4.79 Å². The Labute approximate surface area is 152 Å². The standard InChI is InChI=1S/C15H17BrN8O/c1-2-3-4-7-22-9-23(16)13-11(14(22)25)24-12(20-21-15(24)19-13)10-5-6-17-8-18-10/h5-6,8H,2-4,7,9H2,1H3,(H,19,21). The highest BCUT2D eigenvalue weighted by molar-refractivity contribution is 9.10. The first-order valence-electron chi connectivity index (χ1n) is 8.16. The number of carbonyl (C=O) groups is 1. The number of fused-ring (bicyclic) bond motifs is 3. The second-order valence-electron chi connectivity index (χ2n) is 5.86. The van der Waals surface area contributed by atoms with Crippen LogP contribution >= 0.6 is 16.1 Å². The minimum atomic E-state index is -0.0500. The Hall–Kier alpha value is -2.49. The molecule has 4 rings (SSSR count). The van der Waals surface area contributed by atoms with Crippen LogP contribution in [0.3, 0.4) is 0 Å². The van der Waals surface area contributed by atoms with Crippen molar-refractivity contribution in [3.63, 3.8) is 0 Å². The van der Waals surface area contributed by atoms with Crippen molar-refractivity contribution in [2.45, 2.75) is 26.2 Å². The molecule has 1 N–H and O–H groups in total. The third-order valence-corrected chi connectivity index (χ3v) is 4.75. The molecule has 1 aliphatic heterocycles. The topological polar surface area (TPSA) is 95.3 Å². The highest BCUT2D eigenvalue weighted by Gasteiger charge is 2.35. The number of hydrogen-bond donors (Lipinski definition) is 1. The van der Waals surface area contributed by atoms with Crippen LogP contribution in [-0.2, 0) is 0 Å². The summed E-state index contributed by atoms with van der Waals surface area (Å²) in [6.45, 7) is 3.32. The van der Waals surface area contributed by atoms with E-state index in [1.807, 2.05) is 4.90 Å². The van der Waals surface area contributed by atoms with E-state index in [1.165, 1.54) is 6.33 Å². The Bertz CT molecular complexity index is 905. The van der Waals surface area contributed by atoms with Gasteiger partial charge in [0.2, 0.25) is 5.78 Å². The Morgan fingerprint density at radius 2 is 2.24 bits per heavy atom. The molecule has 4 heterocycles. The summed E-state index contributed by atoms with van der Waals surface area (Å²) in [4.78, 5) is 27.5. The van der Waals surface area contributed by atoms with Gasteiger partial charge in [-0.1, -0.05) is 19.8 Å². The quantitative estimate of drug-likeness (QED) is 0.517. The summed E-state index contributed by atoms with van der Waals surface area (Å²) in [5.41, 5.74) is 1.11. The molecule has 0 bridgehead atoms. The number of nitrogens with zero attached hydrogens (tertiary/aromatic N) is 7. The van der Waals surface area contributed by atoms with E-state index in [-0.39, 0.29) is 5.91 Å². The molecular formula is C15H17BrN8O. The lowest BCUT2D eigenvalue weighted by Gasteiger charge is -2.31. The van der Waals surface area contributed by atoms with E-state index in [0.29, 0.717) is 42.0 Å². The number of nitrogens with one attached hydrogen (secondary N) is 1. The largest absolute Gasteiger partial charge is 0.319 e. The van der Waals surface area contributed by atoms with E-state index in [9.17, 15) is 4.79 Å². The maximum atomic E-state index is 13.1. The zero-order valence-corrected chi connectivity index (χ0v) is 15.3. The molecule has 130 valence electrons. The van der Waals surface area contributed by atoms with Gasteiger partial charge in [-0.2, -0.15) is 10.1 Å². The van der Waals surface area contributed by atoms with Gasteiger partial charge in [-0.15, -0.1) is 0 Å². The first kappa shape index (κ1) is 16.0. The second-order valence-corrected chi connectivity index (χ2v) is 6.72. The SMILES string of the molecule is CCCCCN1CN(Br)c2nc3[nH]nc(-c4ccncn4)n3c2C1=O. The van der Waals surface area contributed by atoms with Crippen LogP contribution in [0.15, 0.2) is 18.6 Å². The van der Waals surface area contributed by atoms with Crippen LogP contribution in [0.4, 0.5) is 5.82 Å². The first-order valence-corrected chi connectivity index (χ1v) is 8.87. The third kappa shape index (κ3) is 2.66. The van der Waals surface area contributed by atoms with Gasteiger partial charge < -0.3 is 4.90 Å². The van der Waals surface area contributed by atoms with Crippen molar-refractivity contribution >= 4 is 33.6 Å². The second kappa shape index (κ2) is 6.43. The van der Waals surface area contributed by atoms with E-state index < -0.39 is 0 Å². The minimum Gasteiger partial charge on any atom is -0.319 e. The lowest BCUT2D eigenvalue weighted by atomic mass is 10.2. The molecule has 0 fully saturated rings. The number of rotatable bonds is 5. The lowest BCUT2D eigenvalue weighted by Crippen LogP contribution is -2.43. The van der Waals surface area contributed by atoms with Crippen LogP contribution in [0, 0.1) is 0 Å². The van der Waals surface area contributed by atoms with Gasteiger partial charge in [0.15, 0.2) is 17.3 Å². The molecule has 0 radical (unpaired) electrons. The average molecular weight is 405 g/mol. The van der Waals surface area contributed by atoms with Crippen LogP contribution in [0.5, 0.6) is 0 Å². The van der Waals surface area contributed by atoms with Crippen LogP contribution in [-0.4, -0.2) is 53.6 Å². The third-order valence-electron chi connectivity index (χ3n) is 4.19. The van der Waals surface area contributed by atoms with Gasteiger partial charge in [-0.3, -0.25) is 13.1 Å². The summed E-state index contributed by atoms with van der Waals surface area (Å²) in [5.74, 6) is 1.58. The van der Waals surface area contributed by atoms with Gasteiger partial charge in [-0.25, -0.2) is 15.1 Å². The monoisotopic (exact) mass is 404 g/mol. The van der Waals surface area contributed by atoms with Gasteiger partial charge in [0, 0.05) is 12.7 Å². The van der Waals surface area contributed by atoms with E-state index in [4.69, 9.17) is 0 Å². The van der Waals surface area contributed by atoms with Crippen LogP contribution in [0.25, 0.3) is 17.3 Å². The van der Waals surface area contributed by atoms with E-state index in [0.717, 1.165) is 19.3 Å². The normalized spacial score (nSPS) is 14.4. The Morgan fingerprint density at radius 3 is 3.00 bits per heavy atom. The van der Waals surface area contributed by atoms with Crippen molar-refractivity contribution in [1.29, 1.82) is 0 Å². The van der Waals surface area contributed by atoms with Gasteiger partial charge in [0.05, 0.1) is 16.1 Å². The number of H-pyrrole nitrogens is 1. The minimum absolute atomic E-state index is 0.0500. The summed E-state index contributed by atoms with van der Waals surface area (Å²) in [5, 5.41) is 7.15. The van der Waals surface area contributed by atoms with E-state index in [1.54, 1.807) is 20.6 Å². The number of halogens is 1. The zero-order valence-electron chi connectivity index (χ0n) is 13.7. The van der Waals surface area contributed by atoms with Gasteiger partial charge in [-0.05, 0) is 12.5 Å². The zero-order chi connectivity index (χ0) is 17.4. The summed E-state index contributed by atoms with van der Waals surface area (Å²) >= 11 is 3.51. The molecule has 3 aromatic rings. The molecule has 0 unspecified atom stereocenters. The Balaban J connectivity index is 1.79. The number of aromatic nitrogens is 6. The molecule has 0 spiro atoms. The predicted molar refractivity (Wildman–Crippen MR) is 95.2 cm³/mol. The molecule has 1 amide bonds. The first-order chi connectivity index (χ1) is 12.2. The fraction of sp³-hybridized carbons (Fsp3) is 0.400. The molecule has 0 saturated heterocycles. The van der Waals surface area contributed by atoms with Crippen LogP contribution < -0.4 is 3.93 Å². The number of hydrogen-bond acceptors (Lipinski definition) is 6. The molecule has 3 aromatic heterocycles. The predicted octanol–water partition coefficient (Wildman–Crippen LogP) is 2.23. The smallest absolute Gasteiger partial charge is 0.276 e. The fourth-order valence-corrected chi connectivity index (χ4v) is 3.47. The molecular weight excluding hydrogens is 388 g/mol. The number of aromatic amines is 1. The average Bonchev–Trinajstić information content (AvgIpc) is 3.19. The number of anilines is 1. The molecule has 0 saturated carbocycles. The maximum Gasteiger partial charge on any atom is 0.276 e. The number of imidazole rings is 1. The summed E-state index contributed by atoms with van der Waals surface area (Å²) < 4.78 is 3.53. The number of carbonyl (C=O) groups excluding carboxylic acids is 1. The molecule has 9 nitrogen and oxygen atoms in total. The van der Waals surface area contributed by atoms with Crippen molar-refractivity contribution in [3.05, 3.63) is 24.3 Å². The van der Waals surface area contributed by atoms with Crippen LogP contribution in [0.2, 0.25) is 0 Å². The molecule has 0 aliphatic carbocycles. The molecule has 0 atom stereocenters. The molecule has 1 aliphatic rings. The van der Waals surface area contributed by atoms with E-state index >= 15 is 0 Å². The van der Waals surface area contributed by atoms with E-state index in [2.05, 4.69) is 48.2 Å². The van der Waals surface area contributed by atoms with Crippen molar-refractivity contribution in [3.8, 4) is 11.5 Å². The number of unbranched alkanes of at least 4 members (excludes halogenated alkanes) is 2. The molecule has 0 aromatic carbocycles. The maximum absolute atomic E-state index is 13.1. The lowest BCUT2D eigenvalue weighted by molar-refractivity contribution is 0.0741. The summed E-state index contributed by atoms with van der Waals surface area (Å²) in [6, 6.07) is 1.75. The van der Waals surface area contributed by atoms with Crippen molar-refractivity contribution in [2.75, 3.05) is 17.1 Å². The van der Waals surface area contributed by atoms with Gasteiger partial charge in [0.25, 0.3) is 5.91 Å². The van der Waals surface area contributed by atoms with Gasteiger partial charge in [0.1, 0.15) is 18.7 Å². The summed E-state index contributed by atoms with van der Waals surface area (Å²) in [7, 11) is 0. The Morgan fingerprint density at radius 1 is 1.36 bits per heavy atom. The number of amides is 1. The highest BCUT2D eigenvalue weighted by atomic mass is 79.9. The Kier molecular flexibility index (Phi) is 4.12. The molecule has 25 heavy (non-hydrogen) atoms. The highest BCUT2D eigenvalue weighted by Crippen LogP contribution is 2.32. The fourth-order valence-electron chi connectivity index (χ4n) is 2.95. The van der Waals surface area contributed by atoms with Gasteiger partial charge >= 0.3 is 0 Å².